The van der Waals surface area contributed by atoms with Crippen molar-refractivity contribution in [3.63, 3.8) is 0 Å². The van der Waals surface area contributed by atoms with Crippen molar-refractivity contribution in [1.82, 2.24) is 10.2 Å². The van der Waals surface area contributed by atoms with Crippen LogP contribution < -0.4 is 9.62 Å². The van der Waals surface area contributed by atoms with Crippen LogP contribution in [0.2, 0.25) is 15.1 Å². The predicted molar refractivity (Wildman–Crippen MR) is 181 cm³/mol. The Morgan fingerprint density at radius 2 is 1.38 bits per heavy atom. The standard InChI is InChI=1S/C34H34Cl3N3O4S/c1-3-24(2)38-34(42)32(21-25-11-6-4-7-12-25)39(22-29-30(36)15-10-16-31(29)37)33(41)23-40(27-13-8-5-9-14-27)45(43,44)28-19-17-26(35)18-20-28/h4-20,24,32H,3,21-23H2,1-2H3,(H,38,42)/t24-,32+/m0/s1. The number of sulfonamides is 1. The molecule has 236 valence electrons. The van der Waals surface area contributed by atoms with Crippen LogP contribution in [0, 0.1) is 0 Å². The van der Waals surface area contributed by atoms with E-state index in [1.165, 1.54) is 29.2 Å². The summed E-state index contributed by atoms with van der Waals surface area (Å²) in [5, 5.41) is 4.00. The van der Waals surface area contributed by atoms with E-state index in [1.807, 2.05) is 44.2 Å². The maximum absolute atomic E-state index is 14.5. The summed E-state index contributed by atoms with van der Waals surface area (Å²) in [6.07, 6.45) is 0.849. The summed E-state index contributed by atoms with van der Waals surface area (Å²) in [5.74, 6) is -0.996. The largest absolute Gasteiger partial charge is 0.352 e. The molecule has 4 aromatic carbocycles. The van der Waals surface area contributed by atoms with Crippen molar-refractivity contribution in [3.8, 4) is 0 Å². The van der Waals surface area contributed by atoms with Crippen molar-refractivity contribution in [2.75, 3.05) is 10.8 Å². The van der Waals surface area contributed by atoms with Crippen molar-refractivity contribution in [2.45, 2.75) is 50.2 Å². The van der Waals surface area contributed by atoms with Gasteiger partial charge in [0.15, 0.2) is 0 Å². The van der Waals surface area contributed by atoms with Gasteiger partial charge in [-0.2, -0.15) is 0 Å². The highest BCUT2D eigenvalue weighted by atomic mass is 35.5. The van der Waals surface area contributed by atoms with Crippen LogP contribution in [0.3, 0.4) is 0 Å². The Morgan fingerprint density at radius 1 is 0.800 bits per heavy atom. The van der Waals surface area contributed by atoms with Crippen LogP contribution >= 0.6 is 34.8 Å². The van der Waals surface area contributed by atoms with Gasteiger partial charge in [0.1, 0.15) is 12.6 Å². The van der Waals surface area contributed by atoms with E-state index in [9.17, 15) is 18.0 Å². The summed E-state index contributed by atoms with van der Waals surface area (Å²) in [5.41, 5.74) is 1.54. The third kappa shape index (κ3) is 8.79. The topological polar surface area (TPSA) is 86.8 Å². The fourth-order valence-electron chi connectivity index (χ4n) is 4.71. The summed E-state index contributed by atoms with van der Waals surface area (Å²) in [4.78, 5) is 29.7. The molecule has 0 saturated carbocycles. The third-order valence-electron chi connectivity index (χ3n) is 7.39. The number of halogens is 3. The summed E-state index contributed by atoms with van der Waals surface area (Å²) < 4.78 is 29.1. The molecule has 0 radical (unpaired) electrons. The second-order valence-electron chi connectivity index (χ2n) is 10.5. The summed E-state index contributed by atoms with van der Waals surface area (Å²) in [7, 11) is -4.24. The Kier molecular flexibility index (Phi) is 11.9. The number of anilines is 1. The molecule has 11 heteroatoms. The van der Waals surface area contributed by atoms with Crippen molar-refractivity contribution < 1.29 is 18.0 Å². The van der Waals surface area contributed by atoms with Crippen LogP contribution in [0.1, 0.15) is 31.4 Å². The second kappa shape index (κ2) is 15.6. The highest BCUT2D eigenvalue weighted by Crippen LogP contribution is 2.29. The fraction of sp³-hybridized carbons (Fsp3) is 0.235. The zero-order chi connectivity index (χ0) is 32.6. The van der Waals surface area contributed by atoms with E-state index < -0.39 is 28.5 Å². The minimum atomic E-state index is -4.24. The van der Waals surface area contributed by atoms with Gasteiger partial charge in [-0.25, -0.2) is 8.42 Å². The number of para-hydroxylation sites is 1. The molecule has 0 heterocycles. The van der Waals surface area contributed by atoms with E-state index in [0.29, 0.717) is 27.1 Å². The molecule has 0 spiro atoms. The molecule has 0 bridgehead atoms. The van der Waals surface area contributed by atoms with Gasteiger partial charge in [0, 0.05) is 39.6 Å². The molecule has 1 N–H and O–H groups in total. The molecule has 2 atom stereocenters. The normalized spacial score (nSPS) is 12.6. The maximum atomic E-state index is 14.5. The fourth-order valence-corrected chi connectivity index (χ4v) is 6.76. The minimum absolute atomic E-state index is 0.0420. The zero-order valence-corrected chi connectivity index (χ0v) is 28.0. The molecule has 45 heavy (non-hydrogen) atoms. The van der Waals surface area contributed by atoms with E-state index in [2.05, 4.69) is 5.32 Å². The Labute approximate surface area is 279 Å². The van der Waals surface area contributed by atoms with Crippen molar-refractivity contribution in [3.05, 3.63) is 129 Å². The van der Waals surface area contributed by atoms with E-state index >= 15 is 0 Å². The molecule has 4 rings (SSSR count). The summed E-state index contributed by atoms with van der Waals surface area (Å²) in [6, 6.07) is 27.2. The second-order valence-corrected chi connectivity index (χ2v) is 13.7. The van der Waals surface area contributed by atoms with Gasteiger partial charge in [-0.05, 0) is 67.4 Å². The number of hydrogen-bond donors (Lipinski definition) is 1. The van der Waals surface area contributed by atoms with Crippen molar-refractivity contribution in [2.24, 2.45) is 0 Å². The van der Waals surface area contributed by atoms with Gasteiger partial charge in [0.2, 0.25) is 11.8 Å². The number of nitrogens with one attached hydrogen (secondary N) is 1. The lowest BCUT2D eigenvalue weighted by Crippen LogP contribution is -2.54. The first kappa shape index (κ1) is 34.3. The first-order valence-corrected chi connectivity index (χ1v) is 17.0. The number of amides is 2. The third-order valence-corrected chi connectivity index (χ3v) is 10.1. The number of rotatable bonds is 13. The number of benzene rings is 4. The lowest BCUT2D eigenvalue weighted by molar-refractivity contribution is -0.140. The van der Waals surface area contributed by atoms with E-state index in [-0.39, 0.29) is 35.5 Å². The van der Waals surface area contributed by atoms with Crippen LogP contribution in [-0.4, -0.2) is 43.8 Å². The zero-order valence-electron chi connectivity index (χ0n) is 24.9. The molecule has 7 nitrogen and oxygen atoms in total. The Bertz CT molecular complexity index is 1690. The van der Waals surface area contributed by atoms with Gasteiger partial charge in [0.05, 0.1) is 10.6 Å². The molecule has 0 aliphatic carbocycles. The molecule has 0 fully saturated rings. The maximum Gasteiger partial charge on any atom is 0.264 e. The van der Waals surface area contributed by atoms with Gasteiger partial charge in [-0.3, -0.25) is 13.9 Å². The molecular weight excluding hydrogens is 653 g/mol. The number of carbonyl (C=O) groups excluding carboxylic acids is 2. The van der Waals surface area contributed by atoms with Crippen LogP contribution in [0.4, 0.5) is 5.69 Å². The molecule has 0 saturated heterocycles. The first-order valence-electron chi connectivity index (χ1n) is 14.4. The van der Waals surface area contributed by atoms with Gasteiger partial charge >= 0.3 is 0 Å². The molecule has 0 aromatic heterocycles. The average Bonchev–Trinajstić information content (AvgIpc) is 3.03. The van der Waals surface area contributed by atoms with Crippen LogP contribution in [0.15, 0.2) is 108 Å². The van der Waals surface area contributed by atoms with E-state index in [0.717, 1.165) is 9.87 Å². The monoisotopic (exact) mass is 685 g/mol. The molecule has 0 aliphatic heterocycles. The highest BCUT2D eigenvalue weighted by Gasteiger charge is 2.35. The molecule has 4 aromatic rings. The number of nitrogens with zero attached hydrogens (tertiary/aromatic N) is 2. The van der Waals surface area contributed by atoms with Crippen molar-refractivity contribution >= 4 is 62.3 Å². The quantitative estimate of drug-likeness (QED) is 0.159. The molecule has 0 aliphatic rings. The molecule has 0 unspecified atom stereocenters. The average molecular weight is 687 g/mol. The molecular formula is C34H34Cl3N3O4S. The minimum Gasteiger partial charge on any atom is -0.352 e. The first-order chi connectivity index (χ1) is 21.5. The Morgan fingerprint density at radius 3 is 1.96 bits per heavy atom. The number of carbonyl (C=O) groups is 2. The van der Waals surface area contributed by atoms with Crippen LogP contribution in [0.25, 0.3) is 0 Å². The number of hydrogen-bond acceptors (Lipinski definition) is 4. The van der Waals surface area contributed by atoms with Gasteiger partial charge in [-0.15, -0.1) is 0 Å². The Balaban J connectivity index is 1.82. The van der Waals surface area contributed by atoms with Crippen LogP contribution in [0.5, 0.6) is 0 Å². The lowest BCUT2D eigenvalue weighted by Gasteiger charge is -2.34. The van der Waals surface area contributed by atoms with Gasteiger partial charge in [-0.1, -0.05) is 96.3 Å². The summed E-state index contributed by atoms with van der Waals surface area (Å²) in [6.45, 7) is 3.10. The van der Waals surface area contributed by atoms with Gasteiger partial charge < -0.3 is 10.2 Å². The van der Waals surface area contributed by atoms with Crippen molar-refractivity contribution in [1.29, 1.82) is 0 Å². The highest BCUT2D eigenvalue weighted by molar-refractivity contribution is 7.92. The molecule has 2 amide bonds. The van der Waals surface area contributed by atoms with E-state index in [4.69, 9.17) is 34.8 Å². The Hall–Kier alpha value is -3.56. The summed E-state index contributed by atoms with van der Waals surface area (Å²) >= 11 is 19.1. The van der Waals surface area contributed by atoms with Gasteiger partial charge in [0.25, 0.3) is 10.0 Å². The lowest BCUT2D eigenvalue weighted by atomic mass is 10.0. The smallest absolute Gasteiger partial charge is 0.264 e. The van der Waals surface area contributed by atoms with E-state index in [1.54, 1.807) is 48.5 Å². The SMILES string of the molecule is CC[C@H](C)NC(=O)[C@@H](Cc1ccccc1)N(Cc1c(Cl)cccc1Cl)C(=O)CN(c1ccccc1)S(=O)(=O)c1ccc(Cl)cc1. The van der Waals surface area contributed by atoms with Crippen LogP contribution in [-0.2, 0) is 32.6 Å². The predicted octanol–water partition coefficient (Wildman–Crippen LogP) is 7.40.